The van der Waals surface area contributed by atoms with Crippen LogP contribution in [0.3, 0.4) is 0 Å². The molecule has 5 heteroatoms. The SMILES string of the molecule is Ic1cncnc1NCCC1=CCNCC1. The maximum atomic E-state index is 4.20. The van der Waals surface area contributed by atoms with Gasteiger partial charge >= 0.3 is 0 Å². The Labute approximate surface area is 109 Å². The van der Waals surface area contributed by atoms with Gasteiger partial charge in [-0.15, -0.1) is 0 Å². The molecule has 0 amide bonds. The number of hydrogen-bond acceptors (Lipinski definition) is 4. The maximum absolute atomic E-state index is 4.20. The van der Waals surface area contributed by atoms with Crippen LogP contribution in [0.2, 0.25) is 0 Å². The van der Waals surface area contributed by atoms with Gasteiger partial charge in [-0.2, -0.15) is 0 Å². The average Bonchev–Trinajstić information content (AvgIpc) is 2.33. The van der Waals surface area contributed by atoms with E-state index < -0.39 is 0 Å². The third kappa shape index (κ3) is 3.41. The average molecular weight is 330 g/mol. The van der Waals surface area contributed by atoms with Gasteiger partial charge in [0.15, 0.2) is 0 Å². The zero-order valence-corrected chi connectivity index (χ0v) is 11.2. The zero-order valence-electron chi connectivity index (χ0n) is 9.04. The lowest BCUT2D eigenvalue weighted by Crippen LogP contribution is -2.21. The summed E-state index contributed by atoms with van der Waals surface area (Å²) in [5, 5.41) is 6.65. The molecule has 2 rings (SSSR count). The molecule has 1 aliphatic rings. The van der Waals surface area contributed by atoms with Gasteiger partial charge in [0.2, 0.25) is 0 Å². The first-order valence-electron chi connectivity index (χ1n) is 5.44. The minimum Gasteiger partial charge on any atom is -0.369 e. The first kappa shape index (κ1) is 11.8. The number of aromatic nitrogens is 2. The lowest BCUT2D eigenvalue weighted by Gasteiger charge is -2.14. The molecule has 0 atom stereocenters. The first-order chi connectivity index (χ1) is 7.86. The molecule has 86 valence electrons. The van der Waals surface area contributed by atoms with Gasteiger partial charge in [-0.1, -0.05) is 11.6 Å². The van der Waals surface area contributed by atoms with Gasteiger partial charge in [-0.05, 0) is 42.0 Å². The van der Waals surface area contributed by atoms with E-state index >= 15 is 0 Å². The third-order valence-electron chi connectivity index (χ3n) is 2.56. The van der Waals surface area contributed by atoms with Gasteiger partial charge in [-0.3, -0.25) is 0 Å². The summed E-state index contributed by atoms with van der Waals surface area (Å²) in [6.07, 6.45) is 7.95. The quantitative estimate of drug-likeness (QED) is 0.653. The van der Waals surface area contributed by atoms with Crippen molar-refractivity contribution < 1.29 is 0 Å². The van der Waals surface area contributed by atoms with Crippen LogP contribution in [0, 0.1) is 3.57 Å². The van der Waals surface area contributed by atoms with Crippen LogP contribution >= 0.6 is 22.6 Å². The number of anilines is 1. The lowest BCUT2D eigenvalue weighted by atomic mass is 10.1. The van der Waals surface area contributed by atoms with Crippen molar-refractivity contribution in [2.75, 3.05) is 25.0 Å². The van der Waals surface area contributed by atoms with Gasteiger partial charge in [0, 0.05) is 19.3 Å². The minimum atomic E-state index is 0.935. The standard InChI is InChI=1S/C11H15IN4/c12-10-7-14-8-16-11(10)15-6-3-9-1-4-13-5-2-9/h1,7-8,13H,2-6H2,(H,14,15,16). The van der Waals surface area contributed by atoms with Crippen LogP contribution in [-0.2, 0) is 0 Å². The van der Waals surface area contributed by atoms with E-state index in [1.54, 1.807) is 6.33 Å². The molecule has 0 saturated heterocycles. The van der Waals surface area contributed by atoms with Crippen LogP contribution in [-0.4, -0.2) is 29.6 Å². The predicted molar refractivity (Wildman–Crippen MR) is 73.4 cm³/mol. The van der Waals surface area contributed by atoms with Crippen molar-refractivity contribution in [2.24, 2.45) is 0 Å². The molecule has 16 heavy (non-hydrogen) atoms. The largest absolute Gasteiger partial charge is 0.369 e. The molecule has 2 N–H and O–H groups in total. The van der Waals surface area contributed by atoms with Crippen molar-refractivity contribution in [1.82, 2.24) is 15.3 Å². The second-order valence-corrected chi connectivity index (χ2v) is 4.87. The highest BCUT2D eigenvalue weighted by Crippen LogP contribution is 2.14. The Morgan fingerprint density at radius 1 is 1.50 bits per heavy atom. The number of nitrogens with one attached hydrogen (secondary N) is 2. The summed E-state index contributed by atoms with van der Waals surface area (Å²) in [5.74, 6) is 0.935. The Kier molecular flexibility index (Phi) is 4.53. The van der Waals surface area contributed by atoms with E-state index in [0.717, 1.165) is 35.4 Å². The van der Waals surface area contributed by atoms with Gasteiger partial charge < -0.3 is 10.6 Å². The highest BCUT2D eigenvalue weighted by molar-refractivity contribution is 14.1. The smallest absolute Gasteiger partial charge is 0.142 e. The molecule has 2 heterocycles. The van der Waals surface area contributed by atoms with Gasteiger partial charge in [0.05, 0.1) is 3.57 Å². The normalized spacial score (nSPS) is 15.7. The monoisotopic (exact) mass is 330 g/mol. The van der Waals surface area contributed by atoms with Crippen molar-refractivity contribution in [3.05, 3.63) is 27.7 Å². The highest BCUT2D eigenvalue weighted by atomic mass is 127. The fourth-order valence-corrected chi connectivity index (χ4v) is 2.17. The fourth-order valence-electron chi connectivity index (χ4n) is 1.68. The number of rotatable bonds is 4. The molecule has 0 aliphatic carbocycles. The van der Waals surface area contributed by atoms with Gasteiger partial charge in [0.1, 0.15) is 12.1 Å². The number of halogens is 1. The molecular weight excluding hydrogens is 315 g/mol. The van der Waals surface area contributed by atoms with E-state index in [1.807, 2.05) is 6.20 Å². The van der Waals surface area contributed by atoms with Crippen LogP contribution in [0.25, 0.3) is 0 Å². The molecule has 4 nitrogen and oxygen atoms in total. The number of nitrogens with zero attached hydrogens (tertiary/aromatic N) is 2. The molecule has 1 aromatic rings. The van der Waals surface area contributed by atoms with Crippen molar-refractivity contribution in [3.63, 3.8) is 0 Å². The zero-order chi connectivity index (χ0) is 11.2. The van der Waals surface area contributed by atoms with Gasteiger partial charge in [0.25, 0.3) is 0 Å². The summed E-state index contributed by atoms with van der Waals surface area (Å²) in [7, 11) is 0. The van der Waals surface area contributed by atoms with E-state index in [-0.39, 0.29) is 0 Å². The molecule has 0 fully saturated rings. The maximum Gasteiger partial charge on any atom is 0.142 e. The van der Waals surface area contributed by atoms with Crippen molar-refractivity contribution in [1.29, 1.82) is 0 Å². The van der Waals surface area contributed by atoms with Crippen LogP contribution < -0.4 is 10.6 Å². The lowest BCUT2D eigenvalue weighted by molar-refractivity contribution is 0.683. The summed E-state index contributed by atoms with van der Waals surface area (Å²) >= 11 is 2.24. The molecule has 0 spiro atoms. The predicted octanol–water partition coefficient (Wildman–Crippen LogP) is 1.80. The molecule has 0 saturated carbocycles. The summed E-state index contributed by atoms with van der Waals surface area (Å²) in [6, 6.07) is 0. The Morgan fingerprint density at radius 2 is 2.44 bits per heavy atom. The van der Waals surface area contributed by atoms with E-state index in [4.69, 9.17) is 0 Å². The van der Waals surface area contributed by atoms with E-state index in [9.17, 15) is 0 Å². The van der Waals surface area contributed by atoms with Crippen LogP contribution in [0.4, 0.5) is 5.82 Å². The number of hydrogen-bond donors (Lipinski definition) is 2. The van der Waals surface area contributed by atoms with Crippen molar-refractivity contribution >= 4 is 28.4 Å². The minimum absolute atomic E-state index is 0.935. The Bertz CT molecular complexity index is 378. The van der Waals surface area contributed by atoms with Crippen LogP contribution in [0.5, 0.6) is 0 Å². The second kappa shape index (κ2) is 6.15. The first-order valence-corrected chi connectivity index (χ1v) is 6.52. The molecule has 0 bridgehead atoms. The van der Waals surface area contributed by atoms with E-state index in [1.165, 1.54) is 12.0 Å². The fraction of sp³-hybridized carbons (Fsp3) is 0.455. The van der Waals surface area contributed by atoms with Gasteiger partial charge in [-0.25, -0.2) is 9.97 Å². The third-order valence-corrected chi connectivity index (χ3v) is 3.35. The Morgan fingerprint density at radius 3 is 3.19 bits per heavy atom. The van der Waals surface area contributed by atoms with E-state index in [0.29, 0.717) is 0 Å². The topological polar surface area (TPSA) is 49.8 Å². The van der Waals surface area contributed by atoms with Crippen molar-refractivity contribution in [2.45, 2.75) is 12.8 Å². The summed E-state index contributed by atoms with van der Waals surface area (Å²) < 4.78 is 1.07. The second-order valence-electron chi connectivity index (χ2n) is 3.71. The van der Waals surface area contributed by atoms with Crippen LogP contribution in [0.15, 0.2) is 24.2 Å². The Hall–Kier alpha value is -0.690. The highest BCUT2D eigenvalue weighted by Gasteiger charge is 2.03. The van der Waals surface area contributed by atoms with Crippen LogP contribution in [0.1, 0.15) is 12.8 Å². The molecule has 1 aromatic heterocycles. The summed E-state index contributed by atoms with van der Waals surface area (Å²) in [4.78, 5) is 8.16. The molecule has 1 aliphatic heterocycles. The molecule has 0 radical (unpaired) electrons. The molecule has 0 aromatic carbocycles. The summed E-state index contributed by atoms with van der Waals surface area (Å²) in [6.45, 7) is 3.07. The molecular formula is C11H15IN4. The van der Waals surface area contributed by atoms with Crippen molar-refractivity contribution in [3.8, 4) is 0 Å². The summed E-state index contributed by atoms with van der Waals surface area (Å²) in [5.41, 5.74) is 1.54. The molecule has 0 unspecified atom stereocenters. The Balaban J connectivity index is 1.80. The van der Waals surface area contributed by atoms with E-state index in [2.05, 4.69) is 49.3 Å².